The van der Waals surface area contributed by atoms with Gasteiger partial charge < -0.3 is 14.9 Å². The van der Waals surface area contributed by atoms with Crippen molar-refractivity contribution in [3.63, 3.8) is 0 Å². The van der Waals surface area contributed by atoms with Gasteiger partial charge in [0.15, 0.2) is 0 Å². The van der Waals surface area contributed by atoms with Crippen molar-refractivity contribution in [2.45, 2.75) is 27.2 Å². The maximum Gasteiger partial charge on any atom is 0.306 e. The fourth-order valence-electron chi connectivity index (χ4n) is 2.17. The molecular weight excluding hydrogens is 284 g/mol. The summed E-state index contributed by atoms with van der Waals surface area (Å²) < 4.78 is 4.97. The number of nitrogens with one attached hydrogen (secondary N) is 1. The Morgan fingerprint density at radius 3 is 2.41 bits per heavy atom. The molecule has 2 aromatic rings. The number of nitrogens with zero attached hydrogens (tertiary/aromatic N) is 1. The van der Waals surface area contributed by atoms with Gasteiger partial charge in [0.25, 0.3) is 5.91 Å². The number of aryl methyl sites for hydroxylation is 2. The molecule has 1 amide bonds. The second-order valence-electron chi connectivity index (χ2n) is 5.29. The Balaban J connectivity index is 2.05. The number of aromatic nitrogens is 1. The van der Waals surface area contributed by atoms with Crippen LogP contribution < -0.4 is 5.32 Å². The average molecular weight is 302 g/mol. The zero-order chi connectivity index (χ0) is 16.3. The van der Waals surface area contributed by atoms with E-state index in [1.165, 1.54) is 0 Å². The van der Waals surface area contributed by atoms with Crippen LogP contribution in [0.2, 0.25) is 0 Å². The lowest BCUT2D eigenvalue weighted by atomic mass is 10.0. The van der Waals surface area contributed by atoms with Gasteiger partial charge in [-0.25, -0.2) is 0 Å². The van der Waals surface area contributed by atoms with Crippen LogP contribution in [-0.2, 0) is 11.2 Å². The molecule has 0 saturated heterocycles. The first-order chi connectivity index (χ1) is 10.4. The van der Waals surface area contributed by atoms with E-state index in [0.717, 1.165) is 5.56 Å². The third kappa shape index (κ3) is 3.52. The Kier molecular flexibility index (Phi) is 4.60. The van der Waals surface area contributed by atoms with Gasteiger partial charge in [0, 0.05) is 5.69 Å². The van der Waals surface area contributed by atoms with Gasteiger partial charge in [-0.2, -0.15) is 0 Å². The molecule has 116 valence electrons. The van der Waals surface area contributed by atoms with E-state index in [9.17, 15) is 9.59 Å². The second kappa shape index (κ2) is 6.43. The summed E-state index contributed by atoms with van der Waals surface area (Å²) in [7, 11) is 0. The monoisotopic (exact) mass is 302 g/mol. The molecule has 6 heteroatoms. The van der Waals surface area contributed by atoms with Crippen molar-refractivity contribution < 1.29 is 19.2 Å². The molecule has 1 aromatic carbocycles. The predicted octanol–water partition coefficient (Wildman–Crippen LogP) is 2.81. The molecule has 0 fully saturated rings. The zero-order valence-corrected chi connectivity index (χ0v) is 12.7. The van der Waals surface area contributed by atoms with E-state index in [1.807, 2.05) is 12.1 Å². The van der Waals surface area contributed by atoms with E-state index < -0.39 is 11.9 Å². The lowest BCUT2D eigenvalue weighted by molar-refractivity contribution is -0.141. The molecule has 0 spiro atoms. The number of carbonyl (C=O) groups excluding carboxylic acids is 1. The number of rotatable bonds is 5. The Labute approximate surface area is 128 Å². The molecule has 0 aliphatic carbocycles. The van der Waals surface area contributed by atoms with Crippen molar-refractivity contribution in [1.29, 1.82) is 0 Å². The van der Waals surface area contributed by atoms with Crippen LogP contribution in [0.15, 0.2) is 28.8 Å². The van der Waals surface area contributed by atoms with Gasteiger partial charge in [-0.15, -0.1) is 0 Å². The average Bonchev–Trinajstić information content (AvgIpc) is 2.80. The lowest BCUT2D eigenvalue weighted by Gasteiger charge is -2.08. The van der Waals surface area contributed by atoms with Crippen LogP contribution in [0.1, 0.15) is 34.3 Å². The first-order valence-electron chi connectivity index (χ1n) is 6.94. The quantitative estimate of drug-likeness (QED) is 0.886. The second-order valence-corrected chi connectivity index (χ2v) is 5.29. The number of aliphatic carboxylic acids is 1. The molecule has 0 bridgehead atoms. The Morgan fingerprint density at radius 2 is 1.91 bits per heavy atom. The highest BCUT2D eigenvalue weighted by atomic mass is 16.5. The topological polar surface area (TPSA) is 92.4 Å². The van der Waals surface area contributed by atoms with Crippen molar-refractivity contribution in [3.05, 3.63) is 46.8 Å². The van der Waals surface area contributed by atoms with Crippen molar-refractivity contribution >= 4 is 17.6 Å². The molecule has 1 unspecified atom stereocenters. The molecule has 22 heavy (non-hydrogen) atoms. The molecule has 1 atom stereocenters. The summed E-state index contributed by atoms with van der Waals surface area (Å²) in [5.41, 5.74) is 2.52. The van der Waals surface area contributed by atoms with Gasteiger partial charge in [-0.05, 0) is 38.0 Å². The fraction of sp³-hybridized carbons (Fsp3) is 0.312. The van der Waals surface area contributed by atoms with Crippen LogP contribution in [-0.4, -0.2) is 22.1 Å². The smallest absolute Gasteiger partial charge is 0.306 e. The van der Waals surface area contributed by atoms with Crippen LogP contribution in [0.5, 0.6) is 0 Å². The molecule has 1 aromatic heterocycles. The van der Waals surface area contributed by atoms with Crippen molar-refractivity contribution in [2.75, 3.05) is 5.32 Å². The van der Waals surface area contributed by atoms with Gasteiger partial charge in [0.2, 0.25) is 0 Å². The third-order valence-corrected chi connectivity index (χ3v) is 3.44. The first-order valence-corrected chi connectivity index (χ1v) is 6.94. The largest absolute Gasteiger partial charge is 0.481 e. The highest BCUT2D eigenvalue weighted by molar-refractivity contribution is 6.05. The Hall–Kier alpha value is -2.63. The predicted molar refractivity (Wildman–Crippen MR) is 80.9 cm³/mol. The standard InChI is InChI=1S/C16H18N2O4/c1-9(16(20)21)8-12-4-6-13(7-5-12)17-15(19)14-10(2)18-22-11(14)3/h4-7,9H,8H2,1-3H3,(H,17,19)(H,20,21). The SMILES string of the molecule is Cc1noc(C)c1C(=O)Nc1ccc(CC(C)C(=O)O)cc1. The van der Waals surface area contributed by atoms with Gasteiger partial charge in [0.1, 0.15) is 11.3 Å². The highest BCUT2D eigenvalue weighted by Gasteiger charge is 2.17. The molecule has 6 nitrogen and oxygen atoms in total. The highest BCUT2D eigenvalue weighted by Crippen LogP contribution is 2.17. The van der Waals surface area contributed by atoms with E-state index in [-0.39, 0.29) is 5.91 Å². The first kappa shape index (κ1) is 15.8. The summed E-state index contributed by atoms with van der Waals surface area (Å²) in [6.45, 7) is 5.06. The van der Waals surface area contributed by atoms with Crippen molar-refractivity contribution in [1.82, 2.24) is 5.16 Å². The molecule has 0 saturated carbocycles. The summed E-state index contributed by atoms with van der Waals surface area (Å²) in [6, 6.07) is 7.12. The fourth-order valence-corrected chi connectivity index (χ4v) is 2.17. The molecule has 0 aliphatic rings. The Bertz CT molecular complexity index is 669. The number of anilines is 1. The molecule has 1 heterocycles. The maximum absolute atomic E-state index is 12.2. The van der Waals surface area contributed by atoms with E-state index in [4.69, 9.17) is 9.63 Å². The van der Waals surface area contributed by atoms with Crippen LogP contribution in [0.4, 0.5) is 5.69 Å². The summed E-state index contributed by atoms with van der Waals surface area (Å²) in [5.74, 6) is -1.07. The number of benzene rings is 1. The number of carbonyl (C=O) groups is 2. The van der Waals surface area contributed by atoms with Gasteiger partial charge >= 0.3 is 5.97 Å². The molecule has 0 aliphatic heterocycles. The minimum atomic E-state index is -0.823. The number of amides is 1. The lowest BCUT2D eigenvalue weighted by Crippen LogP contribution is -2.14. The normalized spacial score (nSPS) is 12.0. The molecular formula is C16H18N2O4. The van der Waals surface area contributed by atoms with Gasteiger partial charge in [-0.3, -0.25) is 9.59 Å². The third-order valence-electron chi connectivity index (χ3n) is 3.44. The van der Waals surface area contributed by atoms with Crippen LogP contribution in [0.3, 0.4) is 0 Å². The van der Waals surface area contributed by atoms with E-state index in [1.54, 1.807) is 32.9 Å². The number of carboxylic acid groups (broad SMARTS) is 1. The van der Waals surface area contributed by atoms with Crippen molar-refractivity contribution in [3.8, 4) is 0 Å². The maximum atomic E-state index is 12.2. The minimum absolute atomic E-state index is 0.275. The van der Waals surface area contributed by atoms with E-state index >= 15 is 0 Å². The number of hydrogen-bond donors (Lipinski definition) is 2. The minimum Gasteiger partial charge on any atom is -0.481 e. The van der Waals surface area contributed by atoms with Crippen molar-refractivity contribution in [2.24, 2.45) is 5.92 Å². The summed E-state index contributed by atoms with van der Waals surface area (Å²) in [6.07, 6.45) is 0.452. The summed E-state index contributed by atoms with van der Waals surface area (Å²) >= 11 is 0. The van der Waals surface area contributed by atoms with Crippen LogP contribution in [0, 0.1) is 19.8 Å². The number of hydrogen-bond acceptors (Lipinski definition) is 4. The van der Waals surface area contributed by atoms with Gasteiger partial charge in [-0.1, -0.05) is 24.2 Å². The Morgan fingerprint density at radius 1 is 1.27 bits per heavy atom. The van der Waals surface area contributed by atoms with E-state index in [0.29, 0.717) is 29.1 Å². The molecule has 2 rings (SSSR count). The summed E-state index contributed by atoms with van der Waals surface area (Å²) in [4.78, 5) is 23.0. The summed E-state index contributed by atoms with van der Waals surface area (Å²) in [5, 5.41) is 15.4. The van der Waals surface area contributed by atoms with Gasteiger partial charge in [0.05, 0.1) is 11.6 Å². The molecule has 2 N–H and O–H groups in total. The zero-order valence-electron chi connectivity index (χ0n) is 12.7. The van der Waals surface area contributed by atoms with Crippen LogP contribution in [0.25, 0.3) is 0 Å². The van der Waals surface area contributed by atoms with E-state index in [2.05, 4.69) is 10.5 Å². The number of carboxylic acids is 1. The molecule has 0 radical (unpaired) electrons. The van der Waals surface area contributed by atoms with Crippen LogP contribution >= 0.6 is 0 Å².